The van der Waals surface area contributed by atoms with Crippen molar-refractivity contribution in [1.29, 1.82) is 0 Å². The van der Waals surface area contributed by atoms with Crippen molar-refractivity contribution < 1.29 is 14.4 Å². The van der Waals surface area contributed by atoms with Gasteiger partial charge in [-0.1, -0.05) is 29.3 Å². The second-order valence-corrected chi connectivity index (χ2v) is 8.59. The summed E-state index contributed by atoms with van der Waals surface area (Å²) in [7, 11) is 0. The number of rotatable bonds is 3. The Hall–Kier alpha value is -3.42. The van der Waals surface area contributed by atoms with Gasteiger partial charge in [0.1, 0.15) is 5.82 Å². The highest BCUT2D eigenvalue weighted by Crippen LogP contribution is 2.33. The second-order valence-electron chi connectivity index (χ2n) is 7.77. The number of carbonyl (C=O) groups is 3. The average Bonchev–Trinajstić information content (AvgIpc) is 3.10. The topological polar surface area (TPSA) is 73.8 Å². The molecule has 0 unspecified atom stereocenters. The molecular formula is C24H18Cl2N4O3. The number of halogens is 2. The predicted molar refractivity (Wildman–Crippen MR) is 126 cm³/mol. The van der Waals surface area contributed by atoms with Crippen molar-refractivity contribution in [1.82, 2.24) is 9.88 Å². The van der Waals surface area contributed by atoms with Crippen molar-refractivity contribution in [3.05, 3.63) is 87.5 Å². The second kappa shape index (κ2) is 8.50. The van der Waals surface area contributed by atoms with E-state index in [1.807, 2.05) is 18.2 Å². The van der Waals surface area contributed by atoms with E-state index >= 15 is 0 Å². The maximum absolute atomic E-state index is 13.1. The smallest absolute Gasteiger partial charge is 0.266 e. The van der Waals surface area contributed by atoms with E-state index in [2.05, 4.69) is 9.88 Å². The molecule has 0 saturated carbocycles. The van der Waals surface area contributed by atoms with Crippen LogP contribution in [0.4, 0.5) is 11.5 Å². The van der Waals surface area contributed by atoms with Gasteiger partial charge in [-0.05, 0) is 48.5 Å². The maximum atomic E-state index is 13.1. The van der Waals surface area contributed by atoms with Gasteiger partial charge in [0.15, 0.2) is 0 Å². The fraction of sp³-hybridized carbons (Fsp3) is 0.167. The molecule has 7 nitrogen and oxygen atoms in total. The molecule has 1 fully saturated rings. The molecule has 5 rings (SSSR count). The third kappa shape index (κ3) is 3.83. The Kier molecular flexibility index (Phi) is 5.52. The van der Waals surface area contributed by atoms with Gasteiger partial charge in [0.05, 0.1) is 26.9 Å². The first kappa shape index (κ1) is 21.4. The molecule has 33 heavy (non-hydrogen) atoms. The standard InChI is InChI=1S/C24H18Cl2N4O3/c25-19-7-5-16(14-20(19)26)30-23(32)17-6-4-15(13-18(17)24(30)33)22(31)29-11-9-28(10-12-29)21-3-1-2-8-27-21/h1-8,13-14H,9-12H2. The van der Waals surface area contributed by atoms with E-state index in [0.29, 0.717) is 42.5 Å². The molecule has 3 amide bonds. The summed E-state index contributed by atoms with van der Waals surface area (Å²) in [6.07, 6.45) is 1.75. The van der Waals surface area contributed by atoms with Gasteiger partial charge < -0.3 is 9.80 Å². The van der Waals surface area contributed by atoms with Crippen LogP contribution in [-0.2, 0) is 0 Å². The monoisotopic (exact) mass is 480 g/mol. The van der Waals surface area contributed by atoms with Crippen molar-refractivity contribution in [2.75, 3.05) is 36.0 Å². The number of hydrogen-bond donors (Lipinski definition) is 0. The van der Waals surface area contributed by atoms with Gasteiger partial charge in [0.2, 0.25) is 0 Å². The van der Waals surface area contributed by atoms with Crippen LogP contribution in [0.2, 0.25) is 10.0 Å². The molecule has 0 atom stereocenters. The van der Waals surface area contributed by atoms with Gasteiger partial charge in [-0.25, -0.2) is 9.88 Å². The third-order valence-corrected chi connectivity index (χ3v) is 6.57. The molecule has 2 aromatic carbocycles. The van der Waals surface area contributed by atoms with Gasteiger partial charge >= 0.3 is 0 Å². The molecule has 0 aliphatic carbocycles. The molecule has 0 radical (unpaired) electrons. The largest absolute Gasteiger partial charge is 0.353 e. The zero-order valence-electron chi connectivity index (χ0n) is 17.4. The van der Waals surface area contributed by atoms with Crippen LogP contribution in [0.1, 0.15) is 31.1 Å². The number of amides is 3. The minimum atomic E-state index is -0.497. The summed E-state index contributed by atoms with van der Waals surface area (Å²) in [4.78, 5) is 48.3. The summed E-state index contributed by atoms with van der Waals surface area (Å²) in [6, 6.07) is 14.9. The van der Waals surface area contributed by atoms with Crippen molar-refractivity contribution in [2.24, 2.45) is 0 Å². The zero-order valence-corrected chi connectivity index (χ0v) is 18.9. The molecule has 2 aliphatic heterocycles. The third-order valence-electron chi connectivity index (χ3n) is 5.84. The number of fused-ring (bicyclic) bond motifs is 1. The van der Waals surface area contributed by atoms with Gasteiger partial charge in [0.25, 0.3) is 17.7 Å². The molecule has 0 bridgehead atoms. The Balaban J connectivity index is 1.34. The van der Waals surface area contributed by atoms with Gasteiger partial charge in [-0.2, -0.15) is 0 Å². The van der Waals surface area contributed by atoms with Crippen molar-refractivity contribution in [3.8, 4) is 0 Å². The fourth-order valence-corrected chi connectivity index (χ4v) is 4.39. The van der Waals surface area contributed by atoms with Crippen LogP contribution in [0.5, 0.6) is 0 Å². The molecule has 3 aromatic rings. The number of pyridine rings is 1. The Labute approximate surface area is 200 Å². The number of imide groups is 1. The summed E-state index contributed by atoms with van der Waals surface area (Å²) in [6.45, 7) is 2.40. The zero-order chi connectivity index (χ0) is 23.1. The highest BCUT2D eigenvalue weighted by atomic mass is 35.5. The molecule has 1 aromatic heterocycles. The lowest BCUT2D eigenvalue weighted by Crippen LogP contribution is -2.49. The summed E-state index contributed by atoms with van der Waals surface area (Å²) in [5.41, 5.74) is 1.15. The quantitative estimate of drug-likeness (QED) is 0.526. The highest BCUT2D eigenvalue weighted by molar-refractivity contribution is 6.42. The van der Waals surface area contributed by atoms with Gasteiger partial charge in [-0.3, -0.25) is 14.4 Å². The van der Waals surface area contributed by atoms with E-state index in [-0.39, 0.29) is 22.1 Å². The Morgan fingerprint density at radius 2 is 1.58 bits per heavy atom. The number of nitrogens with zero attached hydrogens (tertiary/aromatic N) is 4. The van der Waals surface area contributed by atoms with Crippen LogP contribution in [0.3, 0.4) is 0 Å². The van der Waals surface area contributed by atoms with Crippen LogP contribution < -0.4 is 9.80 Å². The van der Waals surface area contributed by atoms with E-state index in [9.17, 15) is 14.4 Å². The lowest BCUT2D eigenvalue weighted by molar-refractivity contribution is 0.0746. The van der Waals surface area contributed by atoms with Crippen molar-refractivity contribution in [2.45, 2.75) is 0 Å². The van der Waals surface area contributed by atoms with Crippen molar-refractivity contribution in [3.63, 3.8) is 0 Å². The van der Waals surface area contributed by atoms with Crippen LogP contribution in [0.15, 0.2) is 60.8 Å². The van der Waals surface area contributed by atoms with Gasteiger partial charge in [0, 0.05) is 37.9 Å². The van der Waals surface area contributed by atoms with E-state index in [1.54, 1.807) is 23.2 Å². The Bertz CT molecular complexity index is 1270. The number of benzene rings is 2. The number of anilines is 2. The van der Waals surface area contributed by atoms with Crippen LogP contribution in [0.25, 0.3) is 0 Å². The molecule has 0 N–H and O–H groups in total. The fourth-order valence-electron chi connectivity index (χ4n) is 4.09. The van der Waals surface area contributed by atoms with Crippen molar-refractivity contribution >= 4 is 52.4 Å². The number of piperazine rings is 1. The summed E-state index contributed by atoms with van der Waals surface area (Å²) < 4.78 is 0. The van der Waals surface area contributed by atoms with Crippen LogP contribution in [0, 0.1) is 0 Å². The molecule has 1 saturated heterocycles. The molecule has 3 heterocycles. The average molecular weight is 481 g/mol. The van der Waals surface area contributed by atoms with Crippen LogP contribution >= 0.6 is 23.2 Å². The number of hydrogen-bond acceptors (Lipinski definition) is 5. The minimum Gasteiger partial charge on any atom is -0.353 e. The minimum absolute atomic E-state index is 0.174. The lowest BCUT2D eigenvalue weighted by Gasteiger charge is -2.35. The summed E-state index contributed by atoms with van der Waals surface area (Å²) in [5, 5.41) is 0.569. The first-order chi connectivity index (χ1) is 15.9. The lowest BCUT2D eigenvalue weighted by atomic mass is 10.0. The van der Waals surface area contributed by atoms with Crippen LogP contribution in [-0.4, -0.2) is 53.8 Å². The van der Waals surface area contributed by atoms with E-state index in [0.717, 1.165) is 10.7 Å². The molecular weight excluding hydrogens is 463 g/mol. The highest BCUT2D eigenvalue weighted by Gasteiger charge is 2.37. The maximum Gasteiger partial charge on any atom is 0.266 e. The van der Waals surface area contributed by atoms with Gasteiger partial charge in [-0.15, -0.1) is 0 Å². The first-order valence-electron chi connectivity index (χ1n) is 10.4. The molecule has 0 spiro atoms. The van der Waals surface area contributed by atoms with E-state index < -0.39 is 11.8 Å². The molecule has 166 valence electrons. The summed E-state index contributed by atoms with van der Waals surface area (Å²) >= 11 is 12.0. The molecule has 2 aliphatic rings. The Morgan fingerprint density at radius 1 is 0.818 bits per heavy atom. The SMILES string of the molecule is O=C(c1ccc2c(c1)C(=O)N(c1ccc(Cl)c(Cl)c1)C2=O)N1CCN(c2ccccn2)CC1. The first-order valence-corrected chi connectivity index (χ1v) is 11.1. The van der Waals surface area contributed by atoms with E-state index in [1.165, 1.54) is 24.3 Å². The van der Waals surface area contributed by atoms with E-state index in [4.69, 9.17) is 23.2 Å². The number of carbonyl (C=O) groups excluding carboxylic acids is 3. The normalized spacial score (nSPS) is 15.8. The molecule has 9 heteroatoms. The number of aromatic nitrogens is 1. The predicted octanol–water partition coefficient (Wildman–Crippen LogP) is 4.15. The Morgan fingerprint density at radius 3 is 2.27 bits per heavy atom. The summed E-state index contributed by atoms with van der Waals surface area (Å²) in [5.74, 6) is -0.250.